The molecule has 0 aliphatic rings. The molecular formula is C16H23N3. The maximum atomic E-state index is 6.16. The minimum Gasteiger partial charge on any atom is -0.384 e. The van der Waals surface area contributed by atoms with Crippen molar-refractivity contribution < 1.29 is 0 Å². The van der Waals surface area contributed by atoms with Crippen molar-refractivity contribution in [2.75, 3.05) is 5.73 Å². The van der Waals surface area contributed by atoms with Gasteiger partial charge in [0, 0.05) is 13.5 Å². The Hall–Kier alpha value is -1.77. The molecule has 3 heteroatoms. The Morgan fingerprint density at radius 3 is 2.58 bits per heavy atom. The van der Waals surface area contributed by atoms with Crippen LogP contribution in [0.4, 0.5) is 5.82 Å². The number of hydrogen-bond acceptors (Lipinski definition) is 2. The van der Waals surface area contributed by atoms with Gasteiger partial charge < -0.3 is 10.3 Å². The predicted octanol–water partition coefficient (Wildman–Crippen LogP) is 3.30. The van der Waals surface area contributed by atoms with E-state index in [2.05, 4.69) is 38.1 Å². The molecule has 1 aromatic carbocycles. The number of nitrogens with two attached hydrogens (primary N) is 1. The zero-order valence-corrected chi connectivity index (χ0v) is 12.1. The number of rotatable bonds is 5. The fraction of sp³-hybridized carbons (Fsp3) is 0.438. The summed E-state index contributed by atoms with van der Waals surface area (Å²) in [6.07, 6.45) is 2.98. The lowest BCUT2D eigenvalue weighted by Crippen LogP contribution is -2.04. The molecule has 0 saturated heterocycles. The van der Waals surface area contributed by atoms with Gasteiger partial charge in [0.1, 0.15) is 11.6 Å². The molecule has 0 bridgehead atoms. The molecule has 102 valence electrons. The van der Waals surface area contributed by atoms with Crippen molar-refractivity contribution in [3.63, 3.8) is 0 Å². The van der Waals surface area contributed by atoms with Crippen LogP contribution in [0.1, 0.15) is 43.3 Å². The summed E-state index contributed by atoms with van der Waals surface area (Å²) in [5.41, 5.74) is 8.53. The molecule has 0 saturated carbocycles. The number of nitrogen functional groups attached to an aromatic ring is 1. The molecule has 3 nitrogen and oxygen atoms in total. The second kappa shape index (κ2) is 5.91. The van der Waals surface area contributed by atoms with E-state index in [0.29, 0.717) is 5.92 Å². The Morgan fingerprint density at radius 1 is 1.26 bits per heavy atom. The van der Waals surface area contributed by atoms with E-state index in [-0.39, 0.29) is 0 Å². The third kappa shape index (κ3) is 2.98. The SMILES string of the molecule is CCCc1nc(CC(C)c2ccccc2)c(N)n1C. The van der Waals surface area contributed by atoms with Gasteiger partial charge in [-0.25, -0.2) is 4.98 Å². The Kier molecular flexibility index (Phi) is 4.25. The molecule has 2 N–H and O–H groups in total. The summed E-state index contributed by atoms with van der Waals surface area (Å²) in [5.74, 6) is 2.34. The van der Waals surface area contributed by atoms with Crippen molar-refractivity contribution in [3.05, 3.63) is 47.4 Å². The Morgan fingerprint density at radius 2 is 1.95 bits per heavy atom. The largest absolute Gasteiger partial charge is 0.384 e. The molecule has 0 aliphatic carbocycles. The van der Waals surface area contributed by atoms with Gasteiger partial charge in [-0.1, -0.05) is 44.2 Å². The van der Waals surface area contributed by atoms with Crippen molar-refractivity contribution in [1.29, 1.82) is 0 Å². The lowest BCUT2D eigenvalue weighted by Gasteiger charge is -2.10. The average molecular weight is 257 g/mol. The third-order valence-electron chi connectivity index (χ3n) is 3.65. The van der Waals surface area contributed by atoms with Crippen LogP contribution in [0.5, 0.6) is 0 Å². The van der Waals surface area contributed by atoms with E-state index in [0.717, 1.165) is 36.6 Å². The smallest absolute Gasteiger partial charge is 0.126 e. The van der Waals surface area contributed by atoms with Crippen molar-refractivity contribution in [2.24, 2.45) is 7.05 Å². The van der Waals surface area contributed by atoms with Crippen LogP contribution in [0, 0.1) is 0 Å². The topological polar surface area (TPSA) is 43.8 Å². The molecule has 0 spiro atoms. The van der Waals surface area contributed by atoms with E-state index in [1.54, 1.807) is 0 Å². The lowest BCUT2D eigenvalue weighted by atomic mass is 9.96. The number of nitrogens with zero attached hydrogens (tertiary/aromatic N) is 2. The minimum atomic E-state index is 0.438. The summed E-state index contributed by atoms with van der Waals surface area (Å²) in [6, 6.07) is 10.5. The molecule has 1 heterocycles. The van der Waals surface area contributed by atoms with Gasteiger partial charge in [0.15, 0.2) is 0 Å². The van der Waals surface area contributed by atoms with Crippen LogP contribution in [-0.2, 0) is 19.9 Å². The fourth-order valence-electron chi connectivity index (χ4n) is 2.41. The lowest BCUT2D eigenvalue weighted by molar-refractivity contribution is 0.738. The number of aryl methyl sites for hydroxylation is 1. The second-order valence-corrected chi connectivity index (χ2v) is 5.18. The van der Waals surface area contributed by atoms with Crippen LogP contribution in [0.2, 0.25) is 0 Å². The van der Waals surface area contributed by atoms with Crippen molar-refractivity contribution in [2.45, 2.75) is 39.0 Å². The van der Waals surface area contributed by atoms with Crippen molar-refractivity contribution in [3.8, 4) is 0 Å². The first-order valence-corrected chi connectivity index (χ1v) is 6.98. The summed E-state index contributed by atoms with van der Waals surface area (Å²) < 4.78 is 2.02. The zero-order chi connectivity index (χ0) is 13.8. The normalized spacial score (nSPS) is 12.6. The van der Waals surface area contributed by atoms with E-state index in [9.17, 15) is 0 Å². The highest BCUT2D eigenvalue weighted by molar-refractivity contribution is 5.39. The third-order valence-corrected chi connectivity index (χ3v) is 3.65. The molecule has 1 unspecified atom stereocenters. The number of aromatic nitrogens is 2. The quantitative estimate of drug-likeness (QED) is 0.893. The van der Waals surface area contributed by atoms with Crippen LogP contribution < -0.4 is 5.73 Å². The average Bonchev–Trinajstić information content (AvgIpc) is 2.69. The summed E-state index contributed by atoms with van der Waals surface area (Å²) in [7, 11) is 2.00. The van der Waals surface area contributed by atoms with E-state index in [1.807, 2.05) is 17.7 Å². The molecule has 0 radical (unpaired) electrons. The van der Waals surface area contributed by atoms with Gasteiger partial charge in [-0.2, -0.15) is 0 Å². The second-order valence-electron chi connectivity index (χ2n) is 5.18. The van der Waals surface area contributed by atoms with Crippen LogP contribution in [0.3, 0.4) is 0 Å². The molecule has 0 amide bonds. The number of benzene rings is 1. The van der Waals surface area contributed by atoms with Crippen molar-refractivity contribution >= 4 is 5.82 Å². The van der Waals surface area contributed by atoms with Gasteiger partial charge in [-0.05, 0) is 24.3 Å². The molecule has 1 aromatic heterocycles. The molecule has 1 atom stereocenters. The minimum absolute atomic E-state index is 0.438. The Labute approximate surface area is 115 Å². The number of hydrogen-bond donors (Lipinski definition) is 1. The van der Waals surface area contributed by atoms with Gasteiger partial charge in [0.05, 0.1) is 5.69 Å². The Balaban J connectivity index is 2.17. The van der Waals surface area contributed by atoms with Crippen LogP contribution in [0.15, 0.2) is 30.3 Å². The molecule has 2 aromatic rings. The zero-order valence-electron chi connectivity index (χ0n) is 12.1. The Bertz CT molecular complexity index is 528. The fourth-order valence-corrected chi connectivity index (χ4v) is 2.41. The van der Waals surface area contributed by atoms with Gasteiger partial charge in [-0.3, -0.25) is 0 Å². The van der Waals surface area contributed by atoms with Gasteiger partial charge in [0.2, 0.25) is 0 Å². The van der Waals surface area contributed by atoms with E-state index < -0.39 is 0 Å². The van der Waals surface area contributed by atoms with E-state index >= 15 is 0 Å². The monoisotopic (exact) mass is 257 g/mol. The van der Waals surface area contributed by atoms with Gasteiger partial charge >= 0.3 is 0 Å². The maximum Gasteiger partial charge on any atom is 0.126 e. The molecule has 2 rings (SSSR count). The van der Waals surface area contributed by atoms with Gasteiger partial charge in [-0.15, -0.1) is 0 Å². The highest BCUT2D eigenvalue weighted by atomic mass is 15.1. The predicted molar refractivity (Wildman–Crippen MR) is 80.2 cm³/mol. The standard InChI is InChI=1S/C16H23N3/c1-4-8-15-18-14(16(17)19(15)3)11-12(2)13-9-6-5-7-10-13/h5-7,9-10,12H,4,8,11,17H2,1-3H3. The van der Waals surface area contributed by atoms with Crippen LogP contribution in [0.25, 0.3) is 0 Å². The molecule has 19 heavy (non-hydrogen) atoms. The van der Waals surface area contributed by atoms with Crippen molar-refractivity contribution in [1.82, 2.24) is 9.55 Å². The summed E-state index contributed by atoms with van der Waals surface area (Å²) >= 11 is 0. The highest BCUT2D eigenvalue weighted by Crippen LogP contribution is 2.23. The van der Waals surface area contributed by atoms with Crippen LogP contribution in [-0.4, -0.2) is 9.55 Å². The van der Waals surface area contributed by atoms with Crippen LogP contribution >= 0.6 is 0 Å². The first-order chi connectivity index (χ1) is 9.13. The van der Waals surface area contributed by atoms with Gasteiger partial charge in [0.25, 0.3) is 0 Å². The number of anilines is 1. The maximum absolute atomic E-state index is 6.16. The summed E-state index contributed by atoms with van der Waals surface area (Å²) in [4.78, 5) is 4.70. The number of imidazole rings is 1. The van der Waals surface area contributed by atoms with E-state index in [4.69, 9.17) is 10.7 Å². The summed E-state index contributed by atoms with van der Waals surface area (Å²) in [5, 5.41) is 0. The highest BCUT2D eigenvalue weighted by Gasteiger charge is 2.15. The molecular weight excluding hydrogens is 234 g/mol. The summed E-state index contributed by atoms with van der Waals surface area (Å²) in [6.45, 7) is 4.39. The molecule has 0 fully saturated rings. The van der Waals surface area contributed by atoms with E-state index in [1.165, 1.54) is 5.56 Å². The molecule has 0 aliphatic heterocycles. The first kappa shape index (κ1) is 13.7. The first-order valence-electron chi connectivity index (χ1n) is 6.98.